The van der Waals surface area contributed by atoms with E-state index in [4.69, 9.17) is 16.3 Å². The third-order valence-corrected chi connectivity index (χ3v) is 6.39. The van der Waals surface area contributed by atoms with Gasteiger partial charge in [0, 0.05) is 10.6 Å². The van der Waals surface area contributed by atoms with Gasteiger partial charge in [0.15, 0.2) is 0 Å². The predicted octanol–water partition coefficient (Wildman–Crippen LogP) is 6.25. The molecule has 0 aromatic heterocycles. The van der Waals surface area contributed by atoms with Crippen LogP contribution in [-0.4, -0.2) is 17.8 Å². The van der Waals surface area contributed by atoms with E-state index >= 15 is 0 Å². The number of imide groups is 2. The Bertz CT molecular complexity index is 1320. The highest BCUT2D eigenvalue weighted by atomic mass is 79.9. The number of anilines is 1. The maximum atomic E-state index is 13.3. The largest absolute Gasteiger partial charge is 0.486 e. The second-order valence-electron chi connectivity index (χ2n) is 7.13. The van der Waals surface area contributed by atoms with E-state index in [1.54, 1.807) is 18.2 Å². The Morgan fingerprint density at radius 1 is 1.00 bits per heavy atom. The summed E-state index contributed by atoms with van der Waals surface area (Å²) in [6, 6.07) is 14.5. The number of carbonyl (C=O) groups excluding carboxylic acids is 3. The number of hydrogen-bond acceptors (Lipinski definition) is 4. The molecule has 0 spiro atoms. The minimum absolute atomic E-state index is 0.132. The van der Waals surface area contributed by atoms with Gasteiger partial charge in [-0.05, 0) is 86.0 Å². The molecule has 1 aliphatic rings. The number of carbonyl (C=O) groups is 3. The summed E-state index contributed by atoms with van der Waals surface area (Å²) in [7, 11) is 0. The van der Waals surface area contributed by atoms with Crippen LogP contribution in [0.1, 0.15) is 11.1 Å². The fraction of sp³-hybridized carbons (Fsp3) is 0.0417. The summed E-state index contributed by atoms with van der Waals surface area (Å²) in [4.78, 5) is 38.4. The number of ether oxygens (including phenoxy) is 1. The second kappa shape index (κ2) is 10.1. The van der Waals surface area contributed by atoms with Gasteiger partial charge in [0.2, 0.25) is 0 Å². The maximum absolute atomic E-state index is 13.3. The molecule has 34 heavy (non-hydrogen) atoms. The number of nitrogens with zero attached hydrogens (tertiary/aromatic N) is 1. The van der Waals surface area contributed by atoms with Crippen LogP contribution in [0.15, 0.2) is 75.2 Å². The van der Waals surface area contributed by atoms with Crippen LogP contribution in [0.3, 0.4) is 0 Å². The molecule has 1 saturated heterocycles. The van der Waals surface area contributed by atoms with Crippen molar-refractivity contribution in [3.63, 3.8) is 0 Å². The van der Waals surface area contributed by atoms with Gasteiger partial charge in [-0.2, -0.15) is 0 Å². The van der Waals surface area contributed by atoms with Gasteiger partial charge >= 0.3 is 6.03 Å². The average Bonchev–Trinajstić information content (AvgIpc) is 2.78. The van der Waals surface area contributed by atoms with Crippen LogP contribution in [0.4, 0.5) is 14.9 Å². The van der Waals surface area contributed by atoms with Gasteiger partial charge in [-0.3, -0.25) is 14.9 Å². The lowest BCUT2D eigenvalue weighted by Gasteiger charge is -2.26. The first-order chi connectivity index (χ1) is 16.2. The number of nitrogens with one attached hydrogen (secondary N) is 1. The molecule has 0 saturated carbocycles. The lowest BCUT2D eigenvalue weighted by Crippen LogP contribution is -2.54. The predicted molar refractivity (Wildman–Crippen MR) is 133 cm³/mol. The zero-order valence-electron chi connectivity index (χ0n) is 17.2. The Morgan fingerprint density at radius 3 is 2.29 bits per heavy atom. The van der Waals surface area contributed by atoms with Crippen LogP contribution in [-0.2, 0) is 16.2 Å². The first-order valence-electron chi connectivity index (χ1n) is 9.77. The third-order valence-electron chi connectivity index (χ3n) is 4.85. The molecular formula is C24H14Br2ClFN2O4. The maximum Gasteiger partial charge on any atom is 0.335 e. The highest BCUT2D eigenvalue weighted by Crippen LogP contribution is 2.36. The van der Waals surface area contributed by atoms with E-state index < -0.39 is 23.7 Å². The lowest BCUT2D eigenvalue weighted by molar-refractivity contribution is -0.122. The van der Waals surface area contributed by atoms with Gasteiger partial charge in [0.25, 0.3) is 11.8 Å². The molecule has 0 radical (unpaired) electrons. The van der Waals surface area contributed by atoms with E-state index in [1.165, 1.54) is 18.2 Å². The summed E-state index contributed by atoms with van der Waals surface area (Å²) in [6.45, 7) is 0.229. The number of hydrogen-bond donors (Lipinski definition) is 1. The summed E-state index contributed by atoms with van der Waals surface area (Å²) < 4.78 is 20.3. The van der Waals surface area contributed by atoms with E-state index in [0.29, 0.717) is 25.3 Å². The second-order valence-corrected chi connectivity index (χ2v) is 9.24. The Kier molecular flexibility index (Phi) is 7.16. The molecular weight excluding hydrogens is 595 g/mol. The zero-order chi connectivity index (χ0) is 24.4. The molecule has 4 amide bonds. The number of benzene rings is 3. The molecule has 0 atom stereocenters. The fourth-order valence-corrected chi connectivity index (χ4v) is 4.86. The first-order valence-corrected chi connectivity index (χ1v) is 11.7. The number of urea groups is 1. The number of barbiturate groups is 1. The molecule has 3 aromatic rings. The first kappa shape index (κ1) is 24.1. The van der Waals surface area contributed by atoms with Crippen LogP contribution in [0, 0.1) is 5.82 Å². The molecule has 6 nitrogen and oxygen atoms in total. The minimum Gasteiger partial charge on any atom is -0.486 e. The van der Waals surface area contributed by atoms with Gasteiger partial charge in [0.1, 0.15) is 23.7 Å². The smallest absolute Gasteiger partial charge is 0.335 e. The fourth-order valence-electron chi connectivity index (χ4n) is 3.21. The van der Waals surface area contributed by atoms with Crippen molar-refractivity contribution >= 4 is 73.1 Å². The van der Waals surface area contributed by atoms with E-state index in [-0.39, 0.29) is 17.9 Å². The van der Waals surface area contributed by atoms with Crippen molar-refractivity contribution in [2.45, 2.75) is 6.61 Å². The highest BCUT2D eigenvalue weighted by molar-refractivity contribution is 9.11. The van der Waals surface area contributed by atoms with Crippen molar-refractivity contribution in [2.75, 3.05) is 4.90 Å². The zero-order valence-corrected chi connectivity index (χ0v) is 21.1. The van der Waals surface area contributed by atoms with Crippen LogP contribution >= 0.6 is 43.5 Å². The van der Waals surface area contributed by atoms with Crippen molar-refractivity contribution in [1.29, 1.82) is 0 Å². The summed E-state index contributed by atoms with van der Waals surface area (Å²) in [5.74, 6) is -1.68. The van der Waals surface area contributed by atoms with E-state index in [9.17, 15) is 18.8 Å². The van der Waals surface area contributed by atoms with Crippen molar-refractivity contribution in [1.82, 2.24) is 5.32 Å². The van der Waals surface area contributed by atoms with Crippen LogP contribution in [0.2, 0.25) is 5.02 Å². The Morgan fingerprint density at radius 2 is 1.65 bits per heavy atom. The SMILES string of the molecule is O=C1NC(=O)N(c2ccc(F)cc2)C(=O)/C1=C/c1cc(Br)c(OCc2ccccc2Cl)c(Br)c1. The molecule has 3 aromatic carbocycles. The lowest BCUT2D eigenvalue weighted by atomic mass is 10.1. The van der Waals surface area contributed by atoms with Crippen molar-refractivity contribution in [3.05, 3.63) is 97.1 Å². The molecule has 1 aliphatic heterocycles. The topological polar surface area (TPSA) is 75.7 Å². The Balaban J connectivity index is 1.61. The highest BCUT2D eigenvalue weighted by Gasteiger charge is 2.36. The molecule has 0 unspecified atom stereocenters. The van der Waals surface area contributed by atoms with Gasteiger partial charge in [0.05, 0.1) is 14.6 Å². The van der Waals surface area contributed by atoms with Gasteiger partial charge in [-0.25, -0.2) is 14.1 Å². The van der Waals surface area contributed by atoms with Crippen LogP contribution in [0.25, 0.3) is 6.08 Å². The number of rotatable bonds is 5. The molecule has 10 heteroatoms. The normalized spacial score (nSPS) is 15.0. The molecule has 0 bridgehead atoms. The summed E-state index contributed by atoms with van der Waals surface area (Å²) in [5.41, 5.74) is 1.18. The van der Waals surface area contributed by atoms with E-state index in [0.717, 1.165) is 22.6 Å². The molecule has 1 heterocycles. The van der Waals surface area contributed by atoms with Crippen LogP contribution in [0.5, 0.6) is 5.75 Å². The third kappa shape index (κ3) is 5.06. The monoisotopic (exact) mass is 606 g/mol. The molecule has 172 valence electrons. The molecule has 1 fully saturated rings. The summed E-state index contributed by atoms with van der Waals surface area (Å²) in [6.07, 6.45) is 1.36. The van der Waals surface area contributed by atoms with E-state index in [2.05, 4.69) is 37.2 Å². The van der Waals surface area contributed by atoms with Gasteiger partial charge in [-0.15, -0.1) is 0 Å². The molecule has 1 N–H and O–H groups in total. The number of amides is 4. The summed E-state index contributed by atoms with van der Waals surface area (Å²) >= 11 is 13.1. The quantitative estimate of drug-likeness (QED) is 0.275. The molecule has 0 aliphatic carbocycles. The van der Waals surface area contributed by atoms with Crippen molar-refractivity contribution < 1.29 is 23.5 Å². The average molecular weight is 609 g/mol. The van der Waals surface area contributed by atoms with Crippen molar-refractivity contribution in [2.24, 2.45) is 0 Å². The van der Waals surface area contributed by atoms with Gasteiger partial charge in [-0.1, -0.05) is 29.8 Å². The minimum atomic E-state index is -0.913. The Labute approximate surface area is 215 Å². The van der Waals surface area contributed by atoms with E-state index in [1.807, 2.05) is 18.2 Å². The molecule has 4 rings (SSSR count). The standard InChI is InChI=1S/C24H14Br2ClFN2O4/c25-18-10-13(11-19(26)21(18)34-12-14-3-1-2-4-20(14)27)9-17-22(31)29-24(33)30(23(17)32)16-7-5-15(28)6-8-16/h1-11H,12H2,(H,29,31,33)/b17-9+. The van der Waals surface area contributed by atoms with Crippen molar-refractivity contribution in [3.8, 4) is 5.75 Å². The summed E-state index contributed by atoms with van der Waals surface area (Å²) in [5, 5.41) is 2.71. The van der Waals surface area contributed by atoms with Gasteiger partial charge < -0.3 is 4.74 Å². The van der Waals surface area contributed by atoms with Crippen LogP contribution < -0.4 is 15.0 Å². The Hall–Kier alpha value is -3.01. The number of halogens is 4.